The Morgan fingerprint density at radius 1 is 1.00 bits per heavy atom. The number of carbonyl (C=O) groups excluding carboxylic acids is 1. The van der Waals surface area contributed by atoms with Crippen LogP contribution in [0.25, 0.3) is 11.0 Å². The normalized spacial score (nSPS) is 12.9. The third-order valence-corrected chi connectivity index (χ3v) is 9.29. The summed E-state index contributed by atoms with van der Waals surface area (Å²) >= 11 is 1.63. The van der Waals surface area contributed by atoms with Crippen molar-refractivity contribution in [3.63, 3.8) is 0 Å². The van der Waals surface area contributed by atoms with Gasteiger partial charge < -0.3 is 14.1 Å². The van der Waals surface area contributed by atoms with E-state index < -0.39 is 16.1 Å². The fraction of sp³-hybridized carbons (Fsp3) is 0.438. The van der Waals surface area contributed by atoms with Crippen molar-refractivity contribution < 1.29 is 22.4 Å². The minimum atomic E-state index is -4.01. The Morgan fingerprint density at radius 3 is 2.31 bits per heavy atom. The van der Waals surface area contributed by atoms with Crippen LogP contribution in [0.2, 0.25) is 0 Å². The number of aromatic nitrogens is 1. The molecule has 1 amide bonds. The third kappa shape index (κ3) is 8.42. The van der Waals surface area contributed by atoms with Crippen molar-refractivity contribution in [2.24, 2.45) is 11.8 Å². The first-order valence-electron chi connectivity index (χ1n) is 14.4. The number of thiazole rings is 1. The maximum atomic E-state index is 13.9. The number of hydrogen-bond acceptors (Lipinski definition) is 7. The van der Waals surface area contributed by atoms with Gasteiger partial charge in [-0.05, 0) is 60.2 Å². The summed E-state index contributed by atoms with van der Waals surface area (Å²) in [7, 11) is -4.01. The number of carbonyl (C=O) groups is 1. The maximum absolute atomic E-state index is 13.9. The molecule has 4 aromatic rings. The molecule has 0 saturated heterocycles. The van der Waals surface area contributed by atoms with E-state index in [2.05, 4.69) is 23.6 Å². The minimum Gasteiger partial charge on any atom is -0.487 e. The molecule has 226 valence electrons. The molecular weight excluding hydrogens is 571 g/mol. The Kier molecular flexibility index (Phi) is 10.5. The fourth-order valence-electron chi connectivity index (χ4n) is 4.67. The molecule has 1 N–H and O–H groups in total. The van der Waals surface area contributed by atoms with Gasteiger partial charge in [-0.3, -0.25) is 4.79 Å². The first kappa shape index (κ1) is 31.7. The monoisotopic (exact) mass is 611 g/mol. The lowest BCUT2D eigenvalue weighted by molar-refractivity contribution is -0.134. The first-order valence-corrected chi connectivity index (χ1v) is 16.7. The number of nitrogens with zero attached hydrogens (tertiary/aromatic N) is 2. The summed E-state index contributed by atoms with van der Waals surface area (Å²) in [4.78, 5) is 20.4. The molecule has 0 aliphatic heterocycles. The van der Waals surface area contributed by atoms with Gasteiger partial charge >= 0.3 is 0 Å². The molecule has 8 nitrogen and oxygen atoms in total. The summed E-state index contributed by atoms with van der Waals surface area (Å²) in [6, 6.07) is 12.8. The average molecular weight is 612 g/mol. The van der Waals surface area contributed by atoms with Crippen molar-refractivity contribution in [2.45, 2.75) is 71.4 Å². The summed E-state index contributed by atoms with van der Waals surface area (Å²) < 4.78 is 41.1. The van der Waals surface area contributed by atoms with Gasteiger partial charge in [0.25, 0.3) is 0 Å². The van der Waals surface area contributed by atoms with E-state index in [-0.39, 0.29) is 29.1 Å². The van der Waals surface area contributed by atoms with E-state index in [4.69, 9.17) is 9.15 Å². The average Bonchev–Trinajstić information content (AvgIpc) is 3.60. The molecule has 0 radical (unpaired) electrons. The van der Waals surface area contributed by atoms with Crippen molar-refractivity contribution in [3.05, 3.63) is 76.4 Å². The second-order valence-electron chi connectivity index (χ2n) is 11.8. The van der Waals surface area contributed by atoms with E-state index >= 15 is 0 Å². The van der Waals surface area contributed by atoms with Crippen LogP contribution in [0.4, 0.5) is 0 Å². The van der Waals surface area contributed by atoms with E-state index in [1.54, 1.807) is 34.4 Å². The number of furan rings is 1. The molecule has 0 fully saturated rings. The number of fused-ring (bicyclic) bond motifs is 1. The standard InChI is InChI=1S/C32H41N3O5S2/c1-21(2)17-35(18-22(3)4)32(36)29(34-42(37,38)28-11-12-30-25(16-28)13-14-39-30)15-24-7-9-27(10-8-24)40-19-26-20-41-31(33-26)23(5)6/h7-14,16,20-23,29,34H,15,17-19H2,1-6H3/t29-/m0/s1. The second kappa shape index (κ2) is 13.8. The molecular formula is C32H41N3O5S2. The van der Waals surface area contributed by atoms with Crippen molar-refractivity contribution >= 4 is 38.2 Å². The Labute approximate surface area is 253 Å². The predicted octanol–water partition coefficient (Wildman–Crippen LogP) is 6.62. The van der Waals surface area contributed by atoms with Gasteiger partial charge in [0, 0.05) is 29.8 Å². The maximum Gasteiger partial charge on any atom is 0.241 e. The largest absolute Gasteiger partial charge is 0.487 e. The van der Waals surface area contributed by atoms with Gasteiger partial charge in [-0.25, -0.2) is 13.4 Å². The molecule has 0 bridgehead atoms. The molecule has 42 heavy (non-hydrogen) atoms. The fourth-order valence-corrected chi connectivity index (χ4v) is 6.72. The van der Waals surface area contributed by atoms with Crippen LogP contribution in [0.15, 0.2) is 69.5 Å². The highest BCUT2D eigenvalue weighted by Crippen LogP contribution is 2.23. The van der Waals surface area contributed by atoms with Crippen LogP contribution in [0.5, 0.6) is 5.75 Å². The van der Waals surface area contributed by atoms with E-state index in [9.17, 15) is 13.2 Å². The third-order valence-electron chi connectivity index (χ3n) is 6.63. The summed E-state index contributed by atoms with van der Waals surface area (Å²) in [6.07, 6.45) is 1.71. The number of amides is 1. The molecule has 1 atom stereocenters. The molecule has 2 aromatic heterocycles. The highest BCUT2D eigenvalue weighted by Gasteiger charge is 2.30. The molecule has 0 aliphatic rings. The topological polar surface area (TPSA) is 102 Å². The van der Waals surface area contributed by atoms with Gasteiger partial charge in [-0.15, -0.1) is 11.3 Å². The zero-order chi connectivity index (χ0) is 30.4. The van der Waals surface area contributed by atoms with Crippen molar-refractivity contribution in [3.8, 4) is 5.75 Å². The highest BCUT2D eigenvalue weighted by atomic mass is 32.2. The summed E-state index contributed by atoms with van der Waals surface area (Å²) in [5.74, 6) is 1.28. The summed E-state index contributed by atoms with van der Waals surface area (Å²) in [5.41, 5.74) is 2.30. The van der Waals surface area contributed by atoms with Gasteiger partial charge in [0.15, 0.2) is 0 Å². The predicted molar refractivity (Wildman–Crippen MR) is 167 cm³/mol. The Hall–Kier alpha value is -3.21. The van der Waals surface area contributed by atoms with Crippen LogP contribution >= 0.6 is 11.3 Å². The SMILES string of the molecule is CC(C)CN(CC(C)C)C(=O)[C@H](Cc1ccc(OCc2csc(C(C)C)n2)cc1)NS(=O)(=O)c1ccc2occc2c1. The molecule has 10 heteroatoms. The molecule has 0 aliphatic carbocycles. The van der Waals surface area contributed by atoms with E-state index in [0.29, 0.717) is 42.3 Å². The van der Waals surface area contributed by atoms with Gasteiger partial charge in [0.2, 0.25) is 15.9 Å². The number of benzene rings is 2. The van der Waals surface area contributed by atoms with Crippen LogP contribution < -0.4 is 9.46 Å². The van der Waals surface area contributed by atoms with Crippen LogP contribution in [-0.2, 0) is 27.8 Å². The Bertz CT molecular complexity index is 1560. The molecule has 0 unspecified atom stereocenters. The molecule has 2 heterocycles. The van der Waals surface area contributed by atoms with Crippen LogP contribution in [0.3, 0.4) is 0 Å². The van der Waals surface area contributed by atoms with E-state index in [1.807, 2.05) is 57.3 Å². The summed E-state index contributed by atoms with van der Waals surface area (Å²) in [6.45, 7) is 13.9. The highest BCUT2D eigenvalue weighted by molar-refractivity contribution is 7.89. The molecule has 0 saturated carbocycles. The Morgan fingerprint density at radius 2 is 1.69 bits per heavy atom. The van der Waals surface area contributed by atoms with Crippen molar-refractivity contribution in [1.29, 1.82) is 0 Å². The quantitative estimate of drug-likeness (QED) is 0.172. The lowest BCUT2D eigenvalue weighted by atomic mass is 10.0. The van der Waals surface area contributed by atoms with Crippen molar-refractivity contribution in [2.75, 3.05) is 13.1 Å². The van der Waals surface area contributed by atoms with Crippen molar-refractivity contribution in [1.82, 2.24) is 14.6 Å². The zero-order valence-corrected chi connectivity index (χ0v) is 26.8. The Balaban J connectivity index is 1.54. The first-order chi connectivity index (χ1) is 19.9. The number of rotatable bonds is 14. The molecule has 2 aromatic carbocycles. The van der Waals surface area contributed by atoms with Crippen LogP contribution in [0, 0.1) is 11.8 Å². The minimum absolute atomic E-state index is 0.0832. The second-order valence-corrected chi connectivity index (χ2v) is 14.4. The molecule has 0 spiro atoms. The molecule has 4 rings (SSSR count). The van der Waals surface area contributed by atoms with Gasteiger partial charge in [-0.1, -0.05) is 53.7 Å². The van der Waals surface area contributed by atoms with E-state index in [0.717, 1.165) is 16.3 Å². The lowest BCUT2D eigenvalue weighted by Crippen LogP contribution is -2.51. The number of hydrogen-bond donors (Lipinski definition) is 1. The van der Waals surface area contributed by atoms with Gasteiger partial charge in [-0.2, -0.15) is 4.72 Å². The van der Waals surface area contributed by atoms with Crippen LogP contribution in [0.1, 0.15) is 63.7 Å². The van der Waals surface area contributed by atoms with Gasteiger partial charge in [0.05, 0.1) is 21.9 Å². The lowest BCUT2D eigenvalue weighted by Gasteiger charge is -2.30. The van der Waals surface area contributed by atoms with E-state index in [1.165, 1.54) is 12.3 Å². The van der Waals surface area contributed by atoms with Crippen LogP contribution in [-0.4, -0.2) is 43.3 Å². The van der Waals surface area contributed by atoms with Gasteiger partial charge in [0.1, 0.15) is 24.0 Å². The number of ether oxygens (including phenoxy) is 1. The number of nitrogens with one attached hydrogen (secondary N) is 1. The smallest absolute Gasteiger partial charge is 0.241 e. The zero-order valence-electron chi connectivity index (χ0n) is 25.2. The summed E-state index contributed by atoms with van der Waals surface area (Å²) in [5, 5.41) is 3.77. The number of sulfonamides is 1.